The van der Waals surface area contributed by atoms with E-state index < -0.39 is 0 Å². The number of benzene rings is 3. The summed E-state index contributed by atoms with van der Waals surface area (Å²) in [6, 6.07) is 22.1. The molecule has 0 aliphatic carbocycles. The molecule has 10 heteroatoms. The van der Waals surface area contributed by atoms with Gasteiger partial charge < -0.3 is 9.47 Å². The highest BCUT2D eigenvalue weighted by molar-refractivity contribution is 7.15. The molecule has 0 bridgehead atoms. The van der Waals surface area contributed by atoms with Gasteiger partial charge in [-0.05, 0) is 79.1 Å². The van der Waals surface area contributed by atoms with E-state index >= 15 is 0 Å². The first-order valence-corrected chi connectivity index (χ1v) is 12.7. The van der Waals surface area contributed by atoms with Gasteiger partial charge in [-0.25, -0.2) is 5.43 Å². The minimum atomic E-state index is -0.345. The summed E-state index contributed by atoms with van der Waals surface area (Å²) in [4.78, 5) is 24.4. The SMILES string of the molecule is Cc1ccc(OCCOc2ccc(/C=N\NC(=O)Cc3nnc(NC(=O)c4ccccc4)s3)cc2)cc1C. The highest BCUT2D eigenvalue weighted by Gasteiger charge is 2.12. The van der Waals surface area contributed by atoms with Gasteiger partial charge in [0.15, 0.2) is 0 Å². The Hall–Kier alpha value is -4.57. The third kappa shape index (κ3) is 7.97. The molecule has 0 atom stereocenters. The van der Waals surface area contributed by atoms with Crippen LogP contribution in [0.3, 0.4) is 0 Å². The molecule has 0 unspecified atom stereocenters. The number of nitrogens with one attached hydrogen (secondary N) is 2. The number of hydrazone groups is 1. The van der Waals surface area contributed by atoms with Crippen LogP contribution in [0.15, 0.2) is 77.9 Å². The molecule has 4 aromatic rings. The van der Waals surface area contributed by atoms with E-state index in [1.54, 1.807) is 24.3 Å². The van der Waals surface area contributed by atoms with Gasteiger partial charge >= 0.3 is 0 Å². The van der Waals surface area contributed by atoms with E-state index in [0.717, 1.165) is 22.6 Å². The second-order valence-corrected chi connectivity index (χ2v) is 9.37. The zero-order valence-electron chi connectivity index (χ0n) is 21.0. The van der Waals surface area contributed by atoms with E-state index in [0.29, 0.717) is 34.7 Å². The fourth-order valence-electron chi connectivity index (χ4n) is 3.26. The first-order chi connectivity index (χ1) is 18.5. The van der Waals surface area contributed by atoms with E-state index in [9.17, 15) is 9.59 Å². The molecule has 1 heterocycles. The van der Waals surface area contributed by atoms with Crippen LogP contribution in [0.4, 0.5) is 5.13 Å². The van der Waals surface area contributed by atoms with Crippen molar-refractivity contribution in [2.75, 3.05) is 18.5 Å². The van der Waals surface area contributed by atoms with Crippen molar-refractivity contribution in [3.05, 3.63) is 100 Å². The standard InChI is InChI=1S/C28H27N5O4S/c1-19-8-11-24(16-20(19)2)37-15-14-36-23-12-9-21(10-13-23)18-29-31-25(34)17-26-32-33-28(38-26)30-27(35)22-6-4-3-5-7-22/h3-13,16,18H,14-15,17H2,1-2H3,(H,31,34)(H,30,33,35)/b29-18-. The van der Waals surface area contributed by atoms with Crippen molar-refractivity contribution in [1.82, 2.24) is 15.6 Å². The van der Waals surface area contributed by atoms with Crippen LogP contribution in [0.25, 0.3) is 0 Å². The lowest BCUT2D eigenvalue weighted by Crippen LogP contribution is -2.19. The van der Waals surface area contributed by atoms with E-state index in [1.807, 2.05) is 48.5 Å². The molecule has 2 amide bonds. The Bertz CT molecular complexity index is 1400. The Morgan fingerprint density at radius 3 is 2.34 bits per heavy atom. The molecule has 0 saturated heterocycles. The summed E-state index contributed by atoms with van der Waals surface area (Å²) in [6.45, 7) is 4.98. The molecule has 4 rings (SSSR count). The van der Waals surface area contributed by atoms with E-state index in [-0.39, 0.29) is 18.2 Å². The van der Waals surface area contributed by atoms with Crippen LogP contribution in [0, 0.1) is 13.8 Å². The Balaban J connectivity index is 1.16. The molecule has 0 fully saturated rings. The molecule has 1 aromatic heterocycles. The molecule has 194 valence electrons. The maximum Gasteiger partial charge on any atom is 0.257 e. The van der Waals surface area contributed by atoms with Crippen LogP contribution in [0.5, 0.6) is 11.5 Å². The number of aryl methyl sites for hydroxylation is 2. The topological polar surface area (TPSA) is 115 Å². The van der Waals surface area contributed by atoms with Crippen LogP contribution >= 0.6 is 11.3 Å². The average Bonchev–Trinajstić information content (AvgIpc) is 3.36. The zero-order chi connectivity index (χ0) is 26.7. The quantitative estimate of drug-likeness (QED) is 0.167. The predicted octanol–water partition coefficient (Wildman–Crippen LogP) is 4.56. The smallest absolute Gasteiger partial charge is 0.257 e. The van der Waals surface area contributed by atoms with Crippen molar-refractivity contribution in [1.29, 1.82) is 0 Å². The Kier molecular flexibility index (Phi) is 9.14. The van der Waals surface area contributed by atoms with E-state index in [2.05, 4.69) is 39.9 Å². The first-order valence-electron chi connectivity index (χ1n) is 11.9. The number of carbonyl (C=O) groups is 2. The second-order valence-electron chi connectivity index (χ2n) is 8.30. The van der Waals surface area contributed by atoms with Crippen LogP contribution in [0.1, 0.15) is 32.1 Å². The van der Waals surface area contributed by atoms with Crippen molar-refractivity contribution in [3.8, 4) is 11.5 Å². The summed E-state index contributed by atoms with van der Waals surface area (Å²) in [5.41, 5.74) is 6.20. The second kappa shape index (κ2) is 13.1. The van der Waals surface area contributed by atoms with Crippen LogP contribution in [-0.4, -0.2) is 41.4 Å². The van der Waals surface area contributed by atoms with Crippen LogP contribution < -0.4 is 20.2 Å². The Labute approximate surface area is 224 Å². The molecule has 0 radical (unpaired) electrons. The number of ether oxygens (including phenoxy) is 2. The zero-order valence-corrected chi connectivity index (χ0v) is 21.8. The van der Waals surface area contributed by atoms with Gasteiger partial charge in [-0.3, -0.25) is 14.9 Å². The molecule has 0 aliphatic rings. The molecule has 3 aromatic carbocycles. The summed E-state index contributed by atoms with van der Waals surface area (Å²) in [7, 11) is 0. The lowest BCUT2D eigenvalue weighted by atomic mass is 10.1. The number of anilines is 1. The third-order valence-corrected chi connectivity index (χ3v) is 6.26. The predicted molar refractivity (Wildman–Crippen MR) is 147 cm³/mol. The normalized spacial score (nSPS) is 10.8. The molecular formula is C28H27N5O4S. The van der Waals surface area contributed by atoms with Crippen molar-refractivity contribution in [2.45, 2.75) is 20.3 Å². The van der Waals surface area contributed by atoms with Gasteiger partial charge in [0, 0.05) is 5.56 Å². The van der Waals surface area contributed by atoms with Gasteiger partial charge in [-0.1, -0.05) is 35.6 Å². The fourth-order valence-corrected chi connectivity index (χ4v) is 4.00. The summed E-state index contributed by atoms with van der Waals surface area (Å²) in [6.07, 6.45) is 1.53. The number of hydrogen-bond donors (Lipinski definition) is 2. The number of carbonyl (C=O) groups excluding carboxylic acids is 2. The number of aromatic nitrogens is 2. The Morgan fingerprint density at radius 1 is 0.895 bits per heavy atom. The summed E-state index contributed by atoms with van der Waals surface area (Å²) in [5.74, 6) is 0.902. The maximum atomic E-state index is 12.2. The molecule has 0 saturated carbocycles. The third-order valence-electron chi connectivity index (χ3n) is 5.42. The van der Waals surface area contributed by atoms with Gasteiger partial charge in [0.05, 0.1) is 12.6 Å². The maximum absolute atomic E-state index is 12.2. The van der Waals surface area contributed by atoms with Gasteiger partial charge in [-0.2, -0.15) is 5.10 Å². The Morgan fingerprint density at radius 2 is 1.61 bits per heavy atom. The summed E-state index contributed by atoms with van der Waals surface area (Å²) >= 11 is 1.13. The lowest BCUT2D eigenvalue weighted by Gasteiger charge is -2.10. The van der Waals surface area contributed by atoms with E-state index in [4.69, 9.17) is 9.47 Å². The highest BCUT2D eigenvalue weighted by Crippen LogP contribution is 2.18. The average molecular weight is 530 g/mol. The number of amides is 2. The highest BCUT2D eigenvalue weighted by atomic mass is 32.1. The van der Waals surface area contributed by atoms with Crippen LogP contribution in [-0.2, 0) is 11.2 Å². The number of nitrogens with zero attached hydrogens (tertiary/aromatic N) is 3. The van der Waals surface area contributed by atoms with Gasteiger partial charge in [0.2, 0.25) is 11.0 Å². The molecule has 9 nitrogen and oxygen atoms in total. The van der Waals surface area contributed by atoms with Crippen molar-refractivity contribution in [2.24, 2.45) is 5.10 Å². The lowest BCUT2D eigenvalue weighted by molar-refractivity contribution is -0.120. The van der Waals surface area contributed by atoms with Gasteiger partial charge in [0.1, 0.15) is 29.7 Å². The molecule has 0 aliphatic heterocycles. The molecule has 2 N–H and O–H groups in total. The molecule has 38 heavy (non-hydrogen) atoms. The molecular weight excluding hydrogens is 502 g/mol. The summed E-state index contributed by atoms with van der Waals surface area (Å²) < 4.78 is 11.4. The largest absolute Gasteiger partial charge is 0.490 e. The first kappa shape index (κ1) is 26.5. The monoisotopic (exact) mass is 529 g/mol. The minimum absolute atomic E-state index is 0.00673. The van der Waals surface area contributed by atoms with Gasteiger partial charge in [0.25, 0.3) is 5.91 Å². The van der Waals surface area contributed by atoms with Gasteiger partial charge in [-0.15, -0.1) is 10.2 Å². The van der Waals surface area contributed by atoms with Crippen molar-refractivity contribution < 1.29 is 19.1 Å². The fraction of sp³-hybridized carbons (Fsp3) is 0.179. The van der Waals surface area contributed by atoms with Crippen molar-refractivity contribution in [3.63, 3.8) is 0 Å². The molecule has 0 spiro atoms. The number of rotatable bonds is 11. The minimum Gasteiger partial charge on any atom is -0.490 e. The van der Waals surface area contributed by atoms with Crippen molar-refractivity contribution >= 4 is 34.5 Å². The summed E-state index contributed by atoms with van der Waals surface area (Å²) in [5, 5.41) is 15.3. The number of hydrogen-bond acceptors (Lipinski definition) is 8. The van der Waals surface area contributed by atoms with E-state index in [1.165, 1.54) is 17.3 Å². The van der Waals surface area contributed by atoms with Crippen LogP contribution in [0.2, 0.25) is 0 Å².